The Bertz CT molecular complexity index is 179. The minimum Gasteiger partial charge on any atom is -0.390 e. The van der Waals surface area contributed by atoms with Crippen molar-refractivity contribution in [2.24, 2.45) is 5.92 Å². The summed E-state index contributed by atoms with van der Waals surface area (Å²) in [6.07, 6.45) is 5.13. The molecule has 3 heteroatoms. The van der Waals surface area contributed by atoms with E-state index in [1.54, 1.807) is 0 Å². The third-order valence-electron chi connectivity index (χ3n) is 3.33. The third-order valence-corrected chi connectivity index (χ3v) is 3.33. The number of aliphatic hydroxyl groups is 1. The molecule has 1 rings (SSSR count). The first-order valence-corrected chi connectivity index (χ1v) is 6.70. The van der Waals surface area contributed by atoms with Crippen LogP contribution in [-0.2, 0) is 0 Å². The van der Waals surface area contributed by atoms with Crippen molar-refractivity contribution in [3.05, 3.63) is 0 Å². The molecule has 0 aromatic rings. The third kappa shape index (κ3) is 4.81. The number of hydrogen-bond acceptors (Lipinski definition) is 3. The molecule has 0 aromatic heterocycles. The number of nitrogens with zero attached hydrogens (tertiary/aromatic N) is 1. The Hall–Kier alpha value is -0.120. The van der Waals surface area contributed by atoms with E-state index < -0.39 is 0 Å². The van der Waals surface area contributed by atoms with Crippen LogP contribution < -0.4 is 5.32 Å². The number of aliphatic hydroxyl groups excluding tert-OH is 1. The van der Waals surface area contributed by atoms with Gasteiger partial charge < -0.3 is 10.4 Å². The lowest BCUT2D eigenvalue weighted by Crippen LogP contribution is -2.43. The summed E-state index contributed by atoms with van der Waals surface area (Å²) >= 11 is 0. The highest BCUT2D eigenvalue weighted by Gasteiger charge is 2.24. The Morgan fingerprint density at radius 1 is 1.25 bits per heavy atom. The van der Waals surface area contributed by atoms with Crippen LogP contribution in [0.1, 0.15) is 39.5 Å². The van der Waals surface area contributed by atoms with Crippen molar-refractivity contribution in [2.45, 2.75) is 51.7 Å². The first-order chi connectivity index (χ1) is 7.63. The summed E-state index contributed by atoms with van der Waals surface area (Å²) in [6, 6.07) is 0.717. The van der Waals surface area contributed by atoms with Crippen LogP contribution >= 0.6 is 0 Å². The van der Waals surface area contributed by atoms with Crippen LogP contribution in [0.25, 0.3) is 0 Å². The molecule has 0 aliphatic heterocycles. The second-order valence-electron chi connectivity index (χ2n) is 5.50. The van der Waals surface area contributed by atoms with Gasteiger partial charge in [-0.1, -0.05) is 26.7 Å². The molecule has 0 saturated heterocycles. The Morgan fingerprint density at radius 3 is 2.38 bits per heavy atom. The van der Waals surface area contributed by atoms with Crippen molar-refractivity contribution < 1.29 is 5.11 Å². The topological polar surface area (TPSA) is 35.5 Å². The fraction of sp³-hybridized carbons (Fsp3) is 1.00. The molecular formula is C13H28N2O. The second-order valence-corrected chi connectivity index (χ2v) is 5.50. The van der Waals surface area contributed by atoms with Crippen LogP contribution in [0.15, 0.2) is 0 Å². The van der Waals surface area contributed by atoms with Crippen LogP contribution in [0.2, 0.25) is 0 Å². The van der Waals surface area contributed by atoms with Gasteiger partial charge in [-0.15, -0.1) is 0 Å². The Kier molecular flexibility index (Phi) is 6.32. The van der Waals surface area contributed by atoms with Crippen molar-refractivity contribution >= 4 is 0 Å². The van der Waals surface area contributed by atoms with Gasteiger partial charge in [0.05, 0.1) is 6.10 Å². The lowest BCUT2D eigenvalue weighted by molar-refractivity contribution is 0.0805. The van der Waals surface area contributed by atoms with Gasteiger partial charge in [-0.2, -0.15) is 0 Å². The highest BCUT2D eigenvalue weighted by atomic mass is 16.3. The average molecular weight is 228 g/mol. The minimum absolute atomic E-state index is 0.232. The summed E-state index contributed by atoms with van der Waals surface area (Å²) in [7, 11) is 1.89. The van der Waals surface area contributed by atoms with Gasteiger partial charge in [-0.3, -0.25) is 4.90 Å². The van der Waals surface area contributed by atoms with Gasteiger partial charge >= 0.3 is 0 Å². The predicted octanol–water partition coefficient (Wildman–Crippen LogP) is 1.47. The molecule has 0 spiro atoms. The molecule has 1 atom stereocenters. The number of likely N-dealkylation sites (N-methyl/N-ethyl adjacent to an activating group) is 1. The molecule has 1 aliphatic carbocycles. The van der Waals surface area contributed by atoms with Crippen molar-refractivity contribution in [3.63, 3.8) is 0 Å². The number of hydrogen-bond donors (Lipinski definition) is 2. The Labute approximate surface area is 100 Å². The summed E-state index contributed by atoms with van der Waals surface area (Å²) in [4.78, 5) is 2.50. The van der Waals surface area contributed by atoms with E-state index in [1.165, 1.54) is 25.7 Å². The normalized spacial score (nSPS) is 19.9. The van der Waals surface area contributed by atoms with Crippen LogP contribution in [0, 0.1) is 5.92 Å². The first-order valence-electron chi connectivity index (χ1n) is 6.70. The molecule has 1 saturated carbocycles. The van der Waals surface area contributed by atoms with Crippen molar-refractivity contribution in [3.8, 4) is 0 Å². The van der Waals surface area contributed by atoms with Crippen LogP contribution in [0.4, 0.5) is 0 Å². The van der Waals surface area contributed by atoms with Gasteiger partial charge in [0.1, 0.15) is 0 Å². The van der Waals surface area contributed by atoms with E-state index in [9.17, 15) is 5.11 Å². The minimum atomic E-state index is -0.232. The van der Waals surface area contributed by atoms with Gasteiger partial charge in [-0.05, 0) is 25.8 Å². The monoisotopic (exact) mass is 228 g/mol. The molecule has 96 valence electrons. The fourth-order valence-corrected chi connectivity index (χ4v) is 2.68. The standard InChI is InChI=1S/C13H28N2O/c1-11(2)9-15(10-13(16)8-14-3)12-6-4-5-7-12/h11-14,16H,4-10H2,1-3H3. The van der Waals surface area contributed by atoms with Crippen molar-refractivity contribution in [1.29, 1.82) is 0 Å². The molecule has 0 aromatic carbocycles. The molecule has 3 nitrogen and oxygen atoms in total. The zero-order chi connectivity index (χ0) is 12.0. The fourth-order valence-electron chi connectivity index (χ4n) is 2.68. The molecule has 0 radical (unpaired) electrons. The van der Waals surface area contributed by atoms with E-state index >= 15 is 0 Å². The van der Waals surface area contributed by atoms with Crippen molar-refractivity contribution in [2.75, 3.05) is 26.7 Å². The molecular weight excluding hydrogens is 200 g/mol. The summed E-state index contributed by atoms with van der Waals surface area (Å²) in [5.74, 6) is 0.683. The lowest BCUT2D eigenvalue weighted by Gasteiger charge is -2.32. The van der Waals surface area contributed by atoms with Gasteiger partial charge in [0.15, 0.2) is 0 Å². The second kappa shape index (κ2) is 7.25. The van der Waals surface area contributed by atoms with Gasteiger partial charge in [0.25, 0.3) is 0 Å². The maximum atomic E-state index is 9.89. The number of nitrogens with one attached hydrogen (secondary N) is 1. The van der Waals surface area contributed by atoms with Crippen LogP contribution in [-0.4, -0.2) is 48.8 Å². The van der Waals surface area contributed by atoms with Gasteiger partial charge in [0.2, 0.25) is 0 Å². The van der Waals surface area contributed by atoms with E-state index in [-0.39, 0.29) is 6.10 Å². The van der Waals surface area contributed by atoms with Gasteiger partial charge in [-0.25, -0.2) is 0 Å². The highest BCUT2D eigenvalue weighted by Crippen LogP contribution is 2.24. The quantitative estimate of drug-likeness (QED) is 0.692. The zero-order valence-corrected chi connectivity index (χ0v) is 11.1. The maximum Gasteiger partial charge on any atom is 0.0791 e. The summed E-state index contributed by atoms with van der Waals surface area (Å²) in [5.41, 5.74) is 0. The molecule has 1 unspecified atom stereocenters. The van der Waals surface area contributed by atoms with Crippen LogP contribution in [0.3, 0.4) is 0 Å². The van der Waals surface area contributed by atoms with E-state index in [1.807, 2.05) is 7.05 Å². The Balaban J connectivity index is 2.42. The van der Waals surface area contributed by atoms with Gasteiger partial charge in [0, 0.05) is 25.7 Å². The van der Waals surface area contributed by atoms with E-state index in [0.29, 0.717) is 18.5 Å². The summed E-state index contributed by atoms with van der Waals surface area (Å²) in [6.45, 7) is 7.15. The van der Waals surface area contributed by atoms with Crippen LogP contribution in [0.5, 0.6) is 0 Å². The van der Waals surface area contributed by atoms with Crippen molar-refractivity contribution in [1.82, 2.24) is 10.2 Å². The lowest BCUT2D eigenvalue weighted by atomic mass is 10.1. The first kappa shape index (κ1) is 13.9. The molecule has 0 amide bonds. The maximum absolute atomic E-state index is 9.89. The molecule has 16 heavy (non-hydrogen) atoms. The average Bonchev–Trinajstić information content (AvgIpc) is 2.68. The highest BCUT2D eigenvalue weighted by molar-refractivity contribution is 4.80. The zero-order valence-electron chi connectivity index (χ0n) is 11.1. The SMILES string of the molecule is CNCC(O)CN(CC(C)C)C1CCCC1. The Morgan fingerprint density at radius 2 is 1.88 bits per heavy atom. The summed E-state index contributed by atoms with van der Waals surface area (Å²) < 4.78 is 0. The molecule has 0 heterocycles. The molecule has 2 N–H and O–H groups in total. The summed E-state index contributed by atoms with van der Waals surface area (Å²) in [5, 5.41) is 12.9. The molecule has 1 fully saturated rings. The molecule has 1 aliphatic rings. The predicted molar refractivity (Wildman–Crippen MR) is 68.6 cm³/mol. The molecule has 0 bridgehead atoms. The smallest absolute Gasteiger partial charge is 0.0791 e. The van der Waals surface area contributed by atoms with E-state index in [0.717, 1.165) is 13.1 Å². The van der Waals surface area contributed by atoms with E-state index in [2.05, 4.69) is 24.1 Å². The number of rotatable bonds is 7. The largest absolute Gasteiger partial charge is 0.390 e. The van der Waals surface area contributed by atoms with E-state index in [4.69, 9.17) is 0 Å².